The van der Waals surface area contributed by atoms with Crippen LogP contribution in [0.15, 0.2) is 48.5 Å². The Labute approximate surface area is 120 Å². The smallest absolute Gasteiger partial charge is 0.254 e. The number of amides is 1. The molecule has 2 aromatic carbocycles. The number of rotatable bonds is 2. The van der Waals surface area contributed by atoms with Crippen LogP contribution in [0.2, 0.25) is 0 Å². The van der Waals surface area contributed by atoms with Crippen LogP contribution in [0.4, 0.5) is 0 Å². The first kappa shape index (κ1) is 12.9. The Morgan fingerprint density at radius 3 is 2.45 bits per heavy atom. The Kier molecular flexibility index (Phi) is 3.82. The fourth-order valence-corrected chi connectivity index (χ4v) is 2.73. The van der Waals surface area contributed by atoms with Crippen molar-refractivity contribution in [2.45, 2.75) is 19.3 Å². The minimum absolute atomic E-state index is 0.151. The summed E-state index contributed by atoms with van der Waals surface area (Å²) in [5.74, 6) is 0.151. The molecule has 1 saturated heterocycles. The second-order valence-electron chi connectivity index (χ2n) is 5.17. The van der Waals surface area contributed by atoms with E-state index in [4.69, 9.17) is 0 Å². The van der Waals surface area contributed by atoms with Crippen molar-refractivity contribution in [3.05, 3.63) is 60.2 Å². The number of benzene rings is 2. The summed E-state index contributed by atoms with van der Waals surface area (Å²) >= 11 is 0. The van der Waals surface area contributed by atoms with Gasteiger partial charge < -0.3 is 4.90 Å². The fraction of sp³-hybridized carbons (Fsp3) is 0.278. The van der Waals surface area contributed by atoms with Gasteiger partial charge in [0.15, 0.2) is 0 Å². The van der Waals surface area contributed by atoms with E-state index in [-0.39, 0.29) is 5.91 Å². The predicted molar refractivity (Wildman–Crippen MR) is 80.5 cm³/mol. The number of hydrogen-bond donors (Lipinski definition) is 0. The fourth-order valence-electron chi connectivity index (χ4n) is 2.73. The Hall–Kier alpha value is -2.09. The van der Waals surface area contributed by atoms with Crippen molar-refractivity contribution in [1.82, 2.24) is 4.90 Å². The summed E-state index contributed by atoms with van der Waals surface area (Å²) < 4.78 is 0. The van der Waals surface area contributed by atoms with E-state index in [2.05, 4.69) is 6.07 Å². The van der Waals surface area contributed by atoms with Crippen molar-refractivity contribution in [1.29, 1.82) is 0 Å². The molecule has 101 valence electrons. The average Bonchev–Trinajstić information content (AvgIpc) is 2.56. The monoisotopic (exact) mass is 264 g/mol. The molecule has 2 nitrogen and oxygen atoms in total. The van der Waals surface area contributed by atoms with E-state index in [9.17, 15) is 4.79 Å². The Morgan fingerprint density at radius 1 is 0.950 bits per heavy atom. The van der Waals surface area contributed by atoms with E-state index < -0.39 is 0 Å². The maximum atomic E-state index is 12.7. The van der Waals surface area contributed by atoms with E-state index in [1.165, 1.54) is 6.42 Å². The molecule has 0 spiro atoms. The Bertz CT molecular complexity index is 585. The van der Waals surface area contributed by atoms with Gasteiger partial charge >= 0.3 is 0 Å². The highest BCUT2D eigenvalue weighted by molar-refractivity contribution is 6.00. The van der Waals surface area contributed by atoms with E-state index in [0.717, 1.165) is 42.6 Å². The highest BCUT2D eigenvalue weighted by Gasteiger charge is 2.20. The van der Waals surface area contributed by atoms with Gasteiger partial charge in [-0.05, 0) is 42.5 Å². The SMILES string of the molecule is O=C(c1ccccc1-c1[c]cccc1)N1CCCCC1. The summed E-state index contributed by atoms with van der Waals surface area (Å²) in [5, 5.41) is 0. The third-order valence-corrected chi connectivity index (χ3v) is 3.80. The van der Waals surface area contributed by atoms with Crippen molar-refractivity contribution in [2.75, 3.05) is 13.1 Å². The maximum Gasteiger partial charge on any atom is 0.254 e. The molecule has 1 aliphatic rings. The molecule has 1 radical (unpaired) electrons. The lowest BCUT2D eigenvalue weighted by molar-refractivity contribution is 0.0725. The first-order chi connectivity index (χ1) is 9.86. The molecule has 1 amide bonds. The quantitative estimate of drug-likeness (QED) is 0.808. The molecule has 0 atom stereocenters. The Balaban J connectivity index is 1.95. The van der Waals surface area contributed by atoms with Gasteiger partial charge in [0.25, 0.3) is 5.91 Å². The van der Waals surface area contributed by atoms with Crippen molar-refractivity contribution in [2.24, 2.45) is 0 Å². The zero-order valence-corrected chi connectivity index (χ0v) is 11.5. The standard InChI is InChI=1S/C18H18NO/c20-18(19-13-7-2-8-14-19)17-12-6-5-11-16(17)15-9-3-1-4-10-15/h1,3-6,9,11-12H,2,7-8,13-14H2. The molecule has 2 aromatic rings. The molecule has 0 bridgehead atoms. The molecule has 0 aromatic heterocycles. The molecule has 2 heteroatoms. The molecule has 3 rings (SSSR count). The van der Waals surface area contributed by atoms with Crippen molar-refractivity contribution < 1.29 is 4.79 Å². The third kappa shape index (κ3) is 2.60. The first-order valence-corrected chi connectivity index (χ1v) is 7.21. The molecular formula is C18H18NO. The van der Waals surface area contributed by atoms with E-state index >= 15 is 0 Å². The molecule has 0 aliphatic carbocycles. The first-order valence-electron chi connectivity index (χ1n) is 7.21. The van der Waals surface area contributed by atoms with Crippen LogP contribution in [0.3, 0.4) is 0 Å². The van der Waals surface area contributed by atoms with Gasteiger partial charge in [-0.25, -0.2) is 0 Å². The third-order valence-electron chi connectivity index (χ3n) is 3.80. The number of carbonyl (C=O) groups excluding carboxylic acids is 1. The Morgan fingerprint density at radius 2 is 1.70 bits per heavy atom. The largest absolute Gasteiger partial charge is 0.339 e. The minimum atomic E-state index is 0.151. The van der Waals surface area contributed by atoms with Gasteiger partial charge in [0.1, 0.15) is 0 Å². The summed E-state index contributed by atoms with van der Waals surface area (Å²) in [6.07, 6.45) is 3.47. The number of hydrogen-bond acceptors (Lipinski definition) is 1. The second kappa shape index (κ2) is 5.91. The summed E-state index contributed by atoms with van der Waals surface area (Å²) in [5.41, 5.74) is 2.74. The van der Waals surface area contributed by atoms with Gasteiger partial charge in [-0.2, -0.15) is 0 Å². The molecular weight excluding hydrogens is 246 g/mol. The predicted octanol–water partition coefficient (Wildman–Crippen LogP) is 3.78. The van der Waals surface area contributed by atoms with Crippen LogP contribution < -0.4 is 0 Å². The van der Waals surface area contributed by atoms with Gasteiger partial charge in [0, 0.05) is 18.7 Å². The lowest BCUT2D eigenvalue weighted by atomic mass is 9.98. The number of carbonyl (C=O) groups is 1. The zero-order valence-electron chi connectivity index (χ0n) is 11.5. The average molecular weight is 264 g/mol. The molecule has 20 heavy (non-hydrogen) atoms. The number of likely N-dealkylation sites (tertiary alicyclic amines) is 1. The molecule has 0 unspecified atom stereocenters. The molecule has 1 heterocycles. The highest BCUT2D eigenvalue weighted by Crippen LogP contribution is 2.25. The van der Waals surface area contributed by atoms with Gasteiger partial charge in [0.05, 0.1) is 0 Å². The lowest BCUT2D eigenvalue weighted by Crippen LogP contribution is -2.35. The van der Waals surface area contributed by atoms with Gasteiger partial charge in [0.2, 0.25) is 0 Å². The topological polar surface area (TPSA) is 20.3 Å². The molecule has 0 saturated carbocycles. The van der Waals surface area contributed by atoms with Gasteiger partial charge in [-0.1, -0.05) is 42.5 Å². The van der Waals surface area contributed by atoms with Gasteiger partial charge in [-0.15, -0.1) is 0 Å². The number of nitrogens with zero attached hydrogens (tertiary/aromatic N) is 1. The van der Waals surface area contributed by atoms with Crippen molar-refractivity contribution in [3.8, 4) is 11.1 Å². The maximum absolute atomic E-state index is 12.7. The van der Waals surface area contributed by atoms with Crippen LogP contribution in [0, 0.1) is 6.07 Å². The zero-order chi connectivity index (χ0) is 13.8. The van der Waals surface area contributed by atoms with Crippen LogP contribution in [0.25, 0.3) is 11.1 Å². The number of piperidine rings is 1. The van der Waals surface area contributed by atoms with Crippen LogP contribution in [-0.4, -0.2) is 23.9 Å². The van der Waals surface area contributed by atoms with Crippen LogP contribution in [0.5, 0.6) is 0 Å². The second-order valence-corrected chi connectivity index (χ2v) is 5.17. The van der Waals surface area contributed by atoms with Gasteiger partial charge in [-0.3, -0.25) is 4.79 Å². The van der Waals surface area contributed by atoms with E-state index in [1.54, 1.807) is 0 Å². The molecule has 0 N–H and O–H groups in total. The summed E-state index contributed by atoms with van der Waals surface area (Å²) in [7, 11) is 0. The summed E-state index contributed by atoms with van der Waals surface area (Å²) in [6.45, 7) is 1.76. The van der Waals surface area contributed by atoms with Crippen LogP contribution >= 0.6 is 0 Å². The summed E-state index contributed by atoms with van der Waals surface area (Å²) in [6, 6.07) is 18.9. The van der Waals surface area contributed by atoms with E-state index in [1.807, 2.05) is 53.4 Å². The van der Waals surface area contributed by atoms with Crippen LogP contribution in [-0.2, 0) is 0 Å². The molecule has 1 fully saturated rings. The minimum Gasteiger partial charge on any atom is -0.339 e. The highest BCUT2D eigenvalue weighted by atomic mass is 16.2. The van der Waals surface area contributed by atoms with Crippen molar-refractivity contribution >= 4 is 5.91 Å². The van der Waals surface area contributed by atoms with E-state index in [0.29, 0.717) is 0 Å². The normalized spacial score (nSPS) is 15.1. The van der Waals surface area contributed by atoms with Crippen molar-refractivity contribution in [3.63, 3.8) is 0 Å². The summed E-state index contributed by atoms with van der Waals surface area (Å²) in [4.78, 5) is 14.7. The molecule has 1 aliphatic heterocycles. The lowest BCUT2D eigenvalue weighted by Gasteiger charge is -2.27. The van der Waals surface area contributed by atoms with Crippen LogP contribution in [0.1, 0.15) is 29.6 Å².